The van der Waals surface area contributed by atoms with Crippen molar-refractivity contribution in [2.75, 3.05) is 13.2 Å². The molecule has 0 aliphatic heterocycles. The molecule has 1 atom stereocenters. The lowest BCUT2D eigenvalue weighted by Gasteiger charge is -2.06. The lowest BCUT2D eigenvalue weighted by molar-refractivity contribution is -0.675. The summed E-state index contributed by atoms with van der Waals surface area (Å²) in [6, 6.07) is 5.41. The minimum Gasteiger partial charge on any atom is -0.462 e. The van der Waals surface area contributed by atoms with Crippen molar-refractivity contribution < 1.29 is 24.3 Å². The molecule has 1 heterocycles. The molecule has 0 aliphatic carbocycles. The zero-order valence-electron chi connectivity index (χ0n) is 13.2. The van der Waals surface area contributed by atoms with Gasteiger partial charge in [-0.25, -0.2) is 13.9 Å². The second-order valence-corrected chi connectivity index (χ2v) is 5.16. The number of ether oxygens (including phenoxy) is 1. The summed E-state index contributed by atoms with van der Waals surface area (Å²) in [5.41, 5.74) is 2.31. The van der Waals surface area contributed by atoms with Crippen LogP contribution in [0, 0.1) is 6.92 Å². The molecule has 2 rings (SSSR count). The van der Waals surface area contributed by atoms with Gasteiger partial charge in [-0.05, 0) is 26.0 Å². The maximum atomic E-state index is 11.9. The SMILES string of the molecule is CCOC(=O)c1ccc2c(c1)n(C[C@H](O)CO)c(C)[n+]2CC. The van der Waals surface area contributed by atoms with Crippen molar-refractivity contribution in [2.45, 2.75) is 40.0 Å². The third-order valence-electron chi connectivity index (χ3n) is 3.77. The number of esters is 1. The van der Waals surface area contributed by atoms with E-state index in [1.54, 1.807) is 19.1 Å². The first-order valence-corrected chi connectivity index (χ1v) is 7.52. The van der Waals surface area contributed by atoms with Gasteiger partial charge in [-0.2, -0.15) is 0 Å². The number of carbonyl (C=O) groups excluding carboxylic acids is 1. The van der Waals surface area contributed by atoms with Gasteiger partial charge in [0, 0.05) is 13.0 Å². The molecular formula is C16H23N2O4+. The Bertz CT molecular complexity index is 678. The quantitative estimate of drug-likeness (QED) is 0.611. The largest absolute Gasteiger partial charge is 0.462 e. The molecular weight excluding hydrogens is 284 g/mol. The van der Waals surface area contributed by atoms with E-state index >= 15 is 0 Å². The molecule has 0 spiro atoms. The van der Waals surface area contributed by atoms with E-state index in [0.29, 0.717) is 12.2 Å². The predicted octanol–water partition coefficient (Wildman–Crippen LogP) is 0.787. The van der Waals surface area contributed by atoms with Crippen LogP contribution in [-0.2, 0) is 17.8 Å². The highest BCUT2D eigenvalue weighted by molar-refractivity contribution is 5.93. The van der Waals surface area contributed by atoms with Gasteiger partial charge in [0.15, 0.2) is 11.0 Å². The maximum absolute atomic E-state index is 11.9. The molecule has 1 aromatic heterocycles. The van der Waals surface area contributed by atoms with Crippen LogP contribution in [0.4, 0.5) is 0 Å². The highest BCUT2D eigenvalue weighted by Crippen LogP contribution is 2.18. The van der Waals surface area contributed by atoms with Crippen molar-refractivity contribution in [3.63, 3.8) is 0 Å². The predicted molar refractivity (Wildman–Crippen MR) is 81.6 cm³/mol. The zero-order chi connectivity index (χ0) is 16.3. The fourth-order valence-electron chi connectivity index (χ4n) is 2.70. The van der Waals surface area contributed by atoms with Gasteiger partial charge in [-0.3, -0.25) is 0 Å². The Morgan fingerprint density at radius 2 is 2.14 bits per heavy atom. The molecule has 0 radical (unpaired) electrons. The Kier molecular flexibility index (Phi) is 5.15. The fourth-order valence-corrected chi connectivity index (χ4v) is 2.70. The van der Waals surface area contributed by atoms with Crippen LogP contribution in [0.25, 0.3) is 11.0 Å². The highest BCUT2D eigenvalue weighted by Gasteiger charge is 2.24. The molecule has 2 N–H and O–H groups in total. The van der Waals surface area contributed by atoms with Crippen LogP contribution < -0.4 is 4.57 Å². The second kappa shape index (κ2) is 6.89. The van der Waals surface area contributed by atoms with Crippen LogP contribution in [0.1, 0.15) is 30.0 Å². The van der Waals surface area contributed by atoms with Crippen LogP contribution >= 0.6 is 0 Å². The highest BCUT2D eigenvalue weighted by atomic mass is 16.5. The summed E-state index contributed by atoms with van der Waals surface area (Å²) in [6.45, 7) is 6.85. The van der Waals surface area contributed by atoms with Gasteiger partial charge in [-0.1, -0.05) is 0 Å². The molecule has 1 aromatic carbocycles. The van der Waals surface area contributed by atoms with E-state index in [0.717, 1.165) is 23.4 Å². The Labute approximate surface area is 129 Å². The monoisotopic (exact) mass is 307 g/mol. The van der Waals surface area contributed by atoms with Gasteiger partial charge in [0.25, 0.3) is 5.82 Å². The van der Waals surface area contributed by atoms with Gasteiger partial charge < -0.3 is 14.9 Å². The molecule has 0 saturated carbocycles. The Balaban J connectivity index is 2.57. The number of aliphatic hydroxyl groups excluding tert-OH is 2. The summed E-state index contributed by atoms with van der Waals surface area (Å²) in [7, 11) is 0. The summed E-state index contributed by atoms with van der Waals surface area (Å²) in [5, 5.41) is 18.9. The molecule has 22 heavy (non-hydrogen) atoms. The van der Waals surface area contributed by atoms with Gasteiger partial charge in [-0.15, -0.1) is 0 Å². The van der Waals surface area contributed by atoms with Crippen molar-refractivity contribution in [1.82, 2.24) is 4.57 Å². The second-order valence-electron chi connectivity index (χ2n) is 5.16. The first-order valence-electron chi connectivity index (χ1n) is 7.52. The van der Waals surface area contributed by atoms with Crippen molar-refractivity contribution >= 4 is 17.0 Å². The van der Waals surface area contributed by atoms with Crippen LogP contribution in [0.5, 0.6) is 0 Å². The fraction of sp³-hybridized carbons (Fsp3) is 0.500. The van der Waals surface area contributed by atoms with E-state index in [4.69, 9.17) is 9.84 Å². The van der Waals surface area contributed by atoms with Gasteiger partial charge in [0.2, 0.25) is 0 Å². The first kappa shape index (κ1) is 16.5. The molecule has 0 unspecified atom stereocenters. The number of aliphatic hydroxyl groups is 2. The number of hydrogen-bond acceptors (Lipinski definition) is 4. The van der Waals surface area contributed by atoms with Crippen molar-refractivity contribution in [2.24, 2.45) is 0 Å². The molecule has 0 amide bonds. The molecule has 6 nitrogen and oxygen atoms in total. The Morgan fingerprint density at radius 1 is 1.41 bits per heavy atom. The van der Waals surface area contributed by atoms with E-state index in [2.05, 4.69) is 4.57 Å². The number of rotatable bonds is 6. The average Bonchev–Trinajstić information content (AvgIpc) is 2.78. The Morgan fingerprint density at radius 3 is 2.73 bits per heavy atom. The zero-order valence-corrected chi connectivity index (χ0v) is 13.2. The van der Waals surface area contributed by atoms with E-state index in [-0.39, 0.29) is 19.1 Å². The third kappa shape index (κ3) is 2.98. The molecule has 0 bridgehead atoms. The summed E-state index contributed by atoms with van der Waals surface area (Å²) in [4.78, 5) is 11.9. The van der Waals surface area contributed by atoms with Crippen molar-refractivity contribution in [1.29, 1.82) is 0 Å². The minimum absolute atomic E-state index is 0.276. The van der Waals surface area contributed by atoms with Crippen molar-refractivity contribution in [3.8, 4) is 0 Å². The third-order valence-corrected chi connectivity index (χ3v) is 3.77. The normalized spacial score (nSPS) is 12.6. The summed E-state index contributed by atoms with van der Waals surface area (Å²) < 4.78 is 9.06. The minimum atomic E-state index is -0.842. The molecule has 0 aliphatic rings. The standard InChI is InChI=1S/C16H23N2O4/c1-4-17-11(3)18(9-13(20)10-19)15-8-12(6-7-14(15)17)16(21)22-5-2/h6-8,13,19-20H,4-5,9-10H2,1-3H3/q+1/t13-/m0/s1. The van der Waals surface area contributed by atoms with E-state index in [1.165, 1.54) is 0 Å². The number of fused-ring (bicyclic) bond motifs is 1. The van der Waals surface area contributed by atoms with E-state index in [9.17, 15) is 9.90 Å². The summed E-state index contributed by atoms with van der Waals surface area (Å²) in [6.07, 6.45) is -0.842. The van der Waals surface area contributed by atoms with Crippen LogP contribution in [0.3, 0.4) is 0 Å². The molecule has 0 fully saturated rings. The van der Waals surface area contributed by atoms with Crippen LogP contribution in [0.15, 0.2) is 18.2 Å². The summed E-state index contributed by atoms with van der Waals surface area (Å²) >= 11 is 0. The number of imidazole rings is 1. The first-order chi connectivity index (χ1) is 10.5. The molecule has 6 heteroatoms. The number of carbonyl (C=O) groups is 1. The molecule has 2 aromatic rings. The van der Waals surface area contributed by atoms with Crippen molar-refractivity contribution in [3.05, 3.63) is 29.6 Å². The molecule has 0 saturated heterocycles. The summed E-state index contributed by atoms with van der Waals surface area (Å²) in [5.74, 6) is 0.603. The van der Waals surface area contributed by atoms with Crippen LogP contribution in [0.2, 0.25) is 0 Å². The number of nitrogens with zero attached hydrogens (tertiary/aromatic N) is 2. The van der Waals surface area contributed by atoms with Gasteiger partial charge >= 0.3 is 5.97 Å². The number of aryl methyl sites for hydroxylation is 1. The molecule has 120 valence electrons. The number of benzene rings is 1. The lowest BCUT2D eigenvalue weighted by Crippen LogP contribution is -2.35. The van der Waals surface area contributed by atoms with Gasteiger partial charge in [0.05, 0.1) is 25.3 Å². The average molecular weight is 307 g/mol. The number of hydrogen-bond donors (Lipinski definition) is 2. The maximum Gasteiger partial charge on any atom is 0.338 e. The topological polar surface area (TPSA) is 75.6 Å². The smallest absolute Gasteiger partial charge is 0.338 e. The van der Waals surface area contributed by atoms with E-state index < -0.39 is 6.10 Å². The lowest BCUT2D eigenvalue weighted by atomic mass is 10.2. The number of aromatic nitrogens is 2. The Hall–Kier alpha value is -1.92. The van der Waals surface area contributed by atoms with E-state index in [1.807, 2.05) is 24.5 Å². The van der Waals surface area contributed by atoms with Crippen LogP contribution in [-0.4, -0.2) is 40.1 Å². The van der Waals surface area contributed by atoms with Gasteiger partial charge in [0.1, 0.15) is 12.6 Å².